The molecule has 0 aliphatic heterocycles. The summed E-state index contributed by atoms with van der Waals surface area (Å²) in [7, 11) is 0. The van der Waals surface area contributed by atoms with Crippen molar-refractivity contribution in [2.75, 3.05) is 26.2 Å². The minimum atomic E-state index is -0.897. The number of aliphatic hydroxyl groups is 2. The van der Waals surface area contributed by atoms with Gasteiger partial charge in [0.2, 0.25) is 0 Å². The number of carbonyl (C=O) groups is 1. The van der Waals surface area contributed by atoms with Gasteiger partial charge < -0.3 is 20.6 Å². The Balaban J connectivity index is 4.23. The maximum Gasteiger partial charge on any atom is 0.320 e. The van der Waals surface area contributed by atoms with Crippen molar-refractivity contribution in [3.63, 3.8) is 0 Å². The summed E-state index contributed by atoms with van der Waals surface area (Å²) in [5.74, 6) is -0.897. The van der Waals surface area contributed by atoms with Gasteiger partial charge in [0, 0.05) is 26.2 Å². The van der Waals surface area contributed by atoms with E-state index in [0.717, 1.165) is 19.3 Å². The van der Waals surface area contributed by atoms with Gasteiger partial charge in [0.25, 0.3) is 0 Å². The van der Waals surface area contributed by atoms with Gasteiger partial charge in [0.1, 0.15) is 6.04 Å². The Morgan fingerprint density at radius 1 is 1.30 bits per heavy atom. The first-order chi connectivity index (χ1) is 10.9. The minimum Gasteiger partial charge on any atom is -0.480 e. The van der Waals surface area contributed by atoms with Crippen LogP contribution < -0.4 is 5.32 Å². The molecule has 0 heterocycles. The quantitative estimate of drug-likeness (QED) is 0.283. The van der Waals surface area contributed by atoms with E-state index in [1.165, 1.54) is 0 Å². The molecular formula is C17H34N2O4. The van der Waals surface area contributed by atoms with E-state index in [4.69, 9.17) is 0 Å². The summed E-state index contributed by atoms with van der Waals surface area (Å²) in [5.41, 5.74) is 0. The van der Waals surface area contributed by atoms with Crippen molar-refractivity contribution in [2.24, 2.45) is 0 Å². The fourth-order valence-corrected chi connectivity index (χ4v) is 2.27. The maximum absolute atomic E-state index is 11.2. The lowest BCUT2D eigenvalue weighted by Crippen LogP contribution is -2.46. The van der Waals surface area contributed by atoms with Crippen LogP contribution in [0, 0.1) is 0 Å². The second kappa shape index (κ2) is 13.5. The third-order valence-electron chi connectivity index (χ3n) is 3.84. The van der Waals surface area contributed by atoms with Crippen LogP contribution in [0.2, 0.25) is 0 Å². The average molecular weight is 330 g/mol. The molecule has 136 valence electrons. The third kappa shape index (κ3) is 11.3. The molecule has 6 heteroatoms. The lowest BCUT2D eigenvalue weighted by molar-refractivity contribution is -0.143. The molecule has 0 aliphatic rings. The monoisotopic (exact) mass is 330 g/mol. The normalized spacial score (nSPS) is 15.9. The van der Waals surface area contributed by atoms with Crippen LogP contribution in [-0.2, 0) is 4.79 Å². The van der Waals surface area contributed by atoms with Crippen LogP contribution in [0.5, 0.6) is 0 Å². The molecular weight excluding hydrogens is 296 g/mol. The van der Waals surface area contributed by atoms with Crippen molar-refractivity contribution >= 4 is 5.97 Å². The Morgan fingerprint density at radius 3 is 2.57 bits per heavy atom. The van der Waals surface area contributed by atoms with Gasteiger partial charge in [-0.15, -0.1) is 0 Å². The first kappa shape index (κ1) is 22.1. The van der Waals surface area contributed by atoms with Gasteiger partial charge >= 0.3 is 5.97 Å². The number of unbranched alkanes of at least 4 members (excludes halogenated alkanes) is 1. The van der Waals surface area contributed by atoms with E-state index in [0.29, 0.717) is 32.6 Å². The van der Waals surface area contributed by atoms with Crippen LogP contribution in [0.3, 0.4) is 0 Å². The topological polar surface area (TPSA) is 93.0 Å². The molecule has 4 N–H and O–H groups in total. The van der Waals surface area contributed by atoms with Crippen molar-refractivity contribution in [2.45, 2.75) is 64.7 Å². The molecule has 0 bridgehead atoms. The van der Waals surface area contributed by atoms with E-state index in [1.54, 1.807) is 11.8 Å². The van der Waals surface area contributed by atoms with Crippen molar-refractivity contribution in [3.8, 4) is 0 Å². The highest BCUT2D eigenvalue weighted by Crippen LogP contribution is 2.04. The number of nitrogens with zero attached hydrogens (tertiary/aromatic N) is 1. The van der Waals surface area contributed by atoms with Gasteiger partial charge in [-0.3, -0.25) is 9.69 Å². The summed E-state index contributed by atoms with van der Waals surface area (Å²) in [6.07, 6.45) is 6.16. The average Bonchev–Trinajstić information content (AvgIpc) is 2.52. The van der Waals surface area contributed by atoms with Crippen molar-refractivity contribution in [1.82, 2.24) is 10.2 Å². The lowest BCUT2D eigenvalue weighted by Gasteiger charge is -2.28. The lowest BCUT2D eigenvalue weighted by atomic mass is 10.1. The van der Waals surface area contributed by atoms with E-state index >= 15 is 0 Å². The van der Waals surface area contributed by atoms with Gasteiger partial charge in [-0.05, 0) is 26.7 Å². The summed E-state index contributed by atoms with van der Waals surface area (Å²) >= 11 is 0. The number of carboxylic acid groups (broad SMARTS) is 1. The van der Waals surface area contributed by atoms with E-state index in [1.807, 2.05) is 19.1 Å². The number of aliphatic hydroxyl groups excluding tert-OH is 2. The zero-order valence-corrected chi connectivity index (χ0v) is 14.7. The van der Waals surface area contributed by atoms with Crippen LogP contribution in [0.25, 0.3) is 0 Å². The maximum atomic E-state index is 11.2. The predicted octanol–water partition coefficient (Wildman–Crippen LogP) is 1.23. The first-order valence-corrected chi connectivity index (χ1v) is 8.57. The molecule has 3 unspecified atom stereocenters. The third-order valence-corrected chi connectivity index (χ3v) is 3.84. The molecule has 0 spiro atoms. The van der Waals surface area contributed by atoms with Crippen LogP contribution >= 0.6 is 0 Å². The van der Waals surface area contributed by atoms with Crippen molar-refractivity contribution < 1.29 is 20.1 Å². The van der Waals surface area contributed by atoms with Crippen molar-refractivity contribution in [1.29, 1.82) is 0 Å². The Hall–Kier alpha value is -0.950. The molecule has 3 atom stereocenters. The van der Waals surface area contributed by atoms with Gasteiger partial charge in [-0.2, -0.15) is 0 Å². The fraction of sp³-hybridized carbons (Fsp3) is 0.824. The summed E-state index contributed by atoms with van der Waals surface area (Å²) in [5, 5.41) is 32.1. The van der Waals surface area contributed by atoms with E-state index in [-0.39, 0.29) is 6.10 Å². The Labute approximate surface area is 140 Å². The van der Waals surface area contributed by atoms with Gasteiger partial charge in [-0.25, -0.2) is 0 Å². The van der Waals surface area contributed by atoms with E-state index in [9.17, 15) is 20.1 Å². The second-order valence-corrected chi connectivity index (χ2v) is 5.97. The van der Waals surface area contributed by atoms with E-state index < -0.39 is 18.1 Å². The summed E-state index contributed by atoms with van der Waals surface area (Å²) < 4.78 is 0. The summed E-state index contributed by atoms with van der Waals surface area (Å²) in [6.45, 7) is 7.52. The first-order valence-electron chi connectivity index (χ1n) is 8.57. The highest BCUT2D eigenvalue weighted by molar-refractivity contribution is 5.72. The Morgan fingerprint density at radius 2 is 2.00 bits per heavy atom. The zero-order chi connectivity index (χ0) is 17.7. The molecule has 0 saturated heterocycles. The summed E-state index contributed by atoms with van der Waals surface area (Å²) in [4.78, 5) is 12.9. The van der Waals surface area contributed by atoms with Crippen LogP contribution in [0.1, 0.15) is 46.5 Å². The standard InChI is InChI=1S/C17H34N2O4/c1-4-6-8-15(20)12-18-10-11-19(14(3)17(22)23)13-16(21)9-7-5-2/h5,7,14-16,18,20-21H,4,6,8-13H2,1-3H3,(H,22,23)/b7-5+. The molecule has 0 rings (SSSR count). The van der Waals surface area contributed by atoms with Crippen LogP contribution in [0.4, 0.5) is 0 Å². The number of hydrogen-bond acceptors (Lipinski definition) is 5. The number of nitrogens with one attached hydrogen (secondary N) is 1. The zero-order valence-electron chi connectivity index (χ0n) is 14.7. The van der Waals surface area contributed by atoms with Crippen LogP contribution in [0.15, 0.2) is 12.2 Å². The van der Waals surface area contributed by atoms with Gasteiger partial charge in [0.15, 0.2) is 0 Å². The SMILES string of the molecule is C/C=C/CC(O)CN(CCNCC(O)CCCC)C(C)C(=O)O. The molecule has 0 aromatic rings. The molecule has 0 aromatic heterocycles. The molecule has 0 saturated carbocycles. The molecule has 0 aliphatic carbocycles. The largest absolute Gasteiger partial charge is 0.480 e. The molecule has 6 nitrogen and oxygen atoms in total. The molecule has 0 aromatic carbocycles. The smallest absolute Gasteiger partial charge is 0.320 e. The van der Waals surface area contributed by atoms with E-state index in [2.05, 4.69) is 12.2 Å². The molecule has 0 fully saturated rings. The fourth-order valence-electron chi connectivity index (χ4n) is 2.27. The highest BCUT2D eigenvalue weighted by Gasteiger charge is 2.22. The molecule has 0 radical (unpaired) electrons. The van der Waals surface area contributed by atoms with Crippen molar-refractivity contribution in [3.05, 3.63) is 12.2 Å². The molecule has 23 heavy (non-hydrogen) atoms. The number of hydrogen-bond donors (Lipinski definition) is 4. The Kier molecular flexibility index (Phi) is 12.9. The number of allylic oxidation sites excluding steroid dienone is 1. The Bertz CT molecular complexity index is 337. The highest BCUT2D eigenvalue weighted by atomic mass is 16.4. The molecule has 0 amide bonds. The van der Waals surface area contributed by atoms with Gasteiger partial charge in [0.05, 0.1) is 12.2 Å². The number of carboxylic acids is 1. The van der Waals surface area contributed by atoms with Crippen LogP contribution in [-0.4, -0.2) is 70.6 Å². The number of aliphatic carboxylic acids is 1. The number of rotatable bonds is 14. The predicted molar refractivity (Wildman–Crippen MR) is 92.5 cm³/mol. The van der Waals surface area contributed by atoms with Gasteiger partial charge in [-0.1, -0.05) is 31.9 Å². The summed E-state index contributed by atoms with van der Waals surface area (Å²) in [6, 6.07) is -0.651. The minimum absolute atomic E-state index is 0.317. The second-order valence-electron chi connectivity index (χ2n) is 5.97.